The Labute approximate surface area is 197 Å². The lowest BCUT2D eigenvalue weighted by atomic mass is 10.1. The number of methoxy groups -OCH3 is 1. The summed E-state index contributed by atoms with van der Waals surface area (Å²) in [5.74, 6) is -2.19. The molecule has 1 aromatic heterocycles. The molecule has 1 heterocycles. The topological polar surface area (TPSA) is 119 Å². The van der Waals surface area contributed by atoms with Gasteiger partial charge in [-0.2, -0.15) is 0 Å². The molecule has 0 aliphatic heterocycles. The molecular weight excluding hydrogens is 469 g/mol. The number of nitrogens with one attached hydrogen (secondary N) is 1. The van der Waals surface area contributed by atoms with Crippen molar-refractivity contribution in [1.29, 1.82) is 0 Å². The van der Waals surface area contributed by atoms with Crippen LogP contribution in [0.5, 0.6) is 5.75 Å². The Hall–Kier alpha value is -3.18. The minimum atomic E-state index is -1.42. The van der Waals surface area contributed by atoms with Crippen LogP contribution in [0.4, 0.5) is 4.39 Å². The number of carbonyl (C=O) groups is 2. The van der Waals surface area contributed by atoms with Crippen LogP contribution in [0.3, 0.4) is 0 Å². The van der Waals surface area contributed by atoms with Gasteiger partial charge < -0.3 is 24.8 Å². The molecule has 10 heteroatoms. The molecule has 0 aliphatic rings. The van der Waals surface area contributed by atoms with Crippen molar-refractivity contribution in [1.82, 2.24) is 5.32 Å². The fraction of sp³-hybridized carbons (Fsp3) is 0.130. The highest BCUT2D eigenvalue weighted by atomic mass is 32.2. The first-order chi connectivity index (χ1) is 15.8. The molecule has 0 aliphatic carbocycles. The van der Waals surface area contributed by atoms with E-state index in [1.165, 1.54) is 17.4 Å². The molecule has 1 atom stereocenters. The SMILES string of the molecule is CNCc1cc(-c2ccccc2F)c([S+]([O-])c2cccc(OC)c2)s1.O=C(O)C=CC(=O)O. The number of hydrogen-bond acceptors (Lipinski definition) is 6. The van der Waals surface area contributed by atoms with E-state index >= 15 is 0 Å². The minimum absolute atomic E-state index is 0.319. The zero-order valence-electron chi connectivity index (χ0n) is 17.8. The average molecular weight is 492 g/mol. The summed E-state index contributed by atoms with van der Waals surface area (Å²) in [6.07, 6.45) is 1.12. The number of hydrogen-bond donors (Lipinski definition) is 3. The van der Waals surface area contributed by atoms with Crippen LogP contribution in [0.25, 0.3) is 11.1 Å². The van der Waals surface area contributed by atoms with Gasteiger partial charge in [-0.1, -0.05) is 35.6 Å². The monoisotopic (exact) mass is 491 g/mol. The van der Waals surface area contributed by atoms with Crippen molar-refractivity contribution in [2.75, 3.05) is 14.2 Å². The molecule has 0 amide bonds. The van der Waals surface area contributed by atoms with E-state index in [0.717, 1.165) is 4.88 Å². The van der Waals surface area contributed by atoms with Gasteiger partial charge in [0.2, 0.25) is 4.21 Å². The Kier molecular flexibility index (Phi) is 10.1. The molecular formula is C23H22FNO6S2. The molecule has 3 N–H and O–H groups in total. The van der Waals surface area contributed by atoms with Crippen molar-refractivity contribution in [3.8, 4) is 16.9 Å². The summed E-state index contributed by atoms with van der Waals surface area (Å²) in [7, 11) is 3.42. The number of ether oxygens (including phenoxy) is 1. The summed E-state index contributed by atoms with van der Waals surface area (Å²) in [4.78, 5) is 20.7. The number of aliphatic carboxylic acids is 2. The largest absolute Gasteiger partial charge is 0.606 e. The molecule has 0 fully saturated rings. The lowest BCUT2D eigenvalue weighted by Gasteiger charge is -2.11. The van der Waals surface area contributed by atoms with Crippen LogP contribution in [0.15, 0.2) is 75.9 Å². The Morgan fingerprint density at radius 3 is 2.33 bits per heavy atom. The maximum Gasteiger partial charge on any atom is 0.328 e. The quantitative estimate of drug-likeness (QED) is 0.320. The highest BCUT2D eigenvalue weighted by Crippen LogP contribution is 2.39. The van der Waals surface area contributed by atoms with Gasteiger partial charge in [-0.05, 0) is 31.3 Å². The number of benzene rings is 2. The lowest BCUT2D eigenvalue weighted by molar-refractivity contribution is -0.134. The number of rotatable bonds is 8. The third-order valence-corrected chi connectivity index (χ3v) is 6.93. The van der Waals surface area contributed by atoms with E-state index in [0.29, 0.717) is 44.7 Å². The number of halogens is 1. The molecule has 2 aromatic carbocycles. The van der Waals surface area contributed by atoms with Crippen LogP contribution in [0, 0.1) is 5.82 Å². The molecule has 0 saturated heterocycles. The number of carboxylic acids is 2. The maximum atomic E-state index is 14.3. The van der Waals surface area contributed by atoms with Gasteiger partial charge >= 0.3 is 11.9 Å². The Morgan fingerprint density at radius 2 is 1.76 bits per heavy atom. The molecule has 3 rings (SSSR count). The minimum Gasteiger partial charge on any atom is -0.606 e. The Bertz CT molecular complexity index is 1120. The van der Waals surface area contributed by atoms with Gasteiger partial charge in [-0.25, -0.2) is 14.0 Å². The molecule has 0 radical (unpaired) electrons. The predicted octanol–water partition coefficient (Wildman–Crippen LogP) is 4.16. The second kappa shape index (κ2) is 12.8. The van der Waals surface area contributed by atoms with Crippen LogP contribution in [-0.4, -0.2) is 40.9 Å². The molecule has 3 aromatic rings. The van der Waals surface area contributed by atoms with Gasteiger partial charge in [-0.15, -0.1) is 0 Å². The fourth-order valence-corrected chi connectivity index (χ4v) is 5.49. The summed E-state index contributed by atoms with van der Waals surface area (Å²) < 4.78 is 33.3. The molecule has 0 bridgehead atoms. The average Bonchev–Trinajstić information content (AvgIpc) is 3.22. The first-order valence-electron chi connectivity index (χ1n) is 9.48. The molecule has 0 spiro atoms. The third-order valence-electron chi connectivity index (χ3n) is 4.06. The summed E-state index contributed by atoms with van der Waals surface area (Å²) in [6.45, 7) is 0.640. The van der Waals surface area contributed by atoms with Crippen molar-refractivity contribution in [2.45, 2.75) is 15.6 Å². The van der Waals surface area contributed by atoms with Crippen molar-refractivity contribution < 1.29 is 33.5 Å². The standard InChI is InChI=1S/C19H18FNO2S2.C4H4O4/c1-21-12-14-11-17(16-8-3-4-9-18(16)20)19(24-14)25(22)15-7-5-6-13(10-15)23-2;5-3(6)1-2-4(7)8/h3-11,21H,12H2,1-2H3;1-2H,(H,5,6)(H,7,8). The predicted molar refractivity (Wildman–Crippen MR) is 125 cm³/mol. The maximum absolute atomic E-state index is 14.3. The van der Waals surface area contributed by atoms with Gasteiger partial charge in [0.15, 0.2) is 4.90 Å². The molecule has 7 nitrogen and oxygen atoms in total. The molecule has 1 unspecified atom stereocenters. The van der Waals surface area contributed by atoms with Crippen LogP contribution >= 0.6 is 11.3 Å². The van der Waals surface area contributed by atoms with Crippen molar-refractivity contribution in [3.63, 3.8) is 0 Å². The van der Waals surface area contributed by atoms with Crippen LogP contribution < -0.4 is 10.1 Å². The Morgan fingerprint density at radius 1 is 1.09 bits per heavy atom. The zero-order chi connectivity index (χ0) is 24.4. The fourth-order valence-electron chi connectivity index (χ4n) is 2.66. The number of carboxylic acid groups (broad SMARTS) is 2. The smallest absolute Gasteiger partial charge is 0.328 e. The van der Waals surface area contributed by atoms with E-state index in [4.69, 9.17) is 14.9 Å². The van der Waals surface area contributed by atoms with Crippen LogP contribution in [0.1, 0.15) is 4.88 Å². The van der Waals surface area contributed by atoms with Gasteiger partial charge in [0, 0.05) is 46.4 Å². The molecule has 33 heavy (non-hydrogen) atoms. The highest BCUT2D eigenvalue weighted by molar-refractivity contribution is 7.93. The van der Waals surface area contributed by atoms with E-state index in [-0.39, 0.29) is 5.82 Å². The van der Waals surface area contributed by atoms with Crippen molar-refractivity contribution in [2.24, 2.45) is 0 Å². The van der Waals surface area contributed by atoms with Gasteiger partial charge in [0.25, 0.3) is 0 Å². The number of thiophene rings is 1. The van der Waals surface area contributed by atoms with E-state index < -0.39 is 23.1 Å². The molecule has 0 saturated carbocycles. The summed E-state index contributed by atoms with van der Waals surface area (Å²) >= 11 is 0.0162. The second-order valence-electron chi connectivity index (χ2n) is 6.38. The van der Waals surface area contributed by atoms with E-state index in [1.54, 1.807) is 49.6 Å². The third kappa shape index (κ3) is 7.72. The zero-order valence-corrected chi connectivity index (χ0v) is 19.4. The normalized spacial score (nSPS) is 11.5. The van der Waals surface area contributed by atoms with Gasteiger partial charge in [0.05, 0.1) is 12.7 Å². The van der Waals surface area contributed by atoms with Gasteiger partial charge in [-0.3, -0.25) is 0 Å². The van der Waals surface area contributed by atoms with E-state index in [2.05, 4.69) is 5.32 Å². The summed E-state index contributed by atoms with van der Waals surface area (Å²) in [5.41, 5.74) is 1.14. The van der Waals surface area contributed by atoms with Crippen LogP contribution in [-0.2, 0) is 27.3 Å². The van der Waals surface area contributed by atoms with Gasteiger partial charge in [0.1, 0.15) is 11.6 Å². The summed E-state index contributed by atoms with van der Waals surface area (Å²) in [6, 6.07) is 15.6. The van der Waals surface area contributed by atoms with E-state index in [1.807, 2.05) is 13.1 Å². The highest BCUT2D eigenvalue weighted by Gasteiger charge is 2.25. The first kappa shape index (κ1) is 26.1. The Balaban J connectivity index is 0.000000414. The second-order valence-corrected chi connectivity index (χ2v) is 9.19. The molecule has 174 valence electrons. The van der Waals surface area contributed by atoms with Crippen molar-refractivity contribution >= 4 is 34.5 Å². The summed E-state index contributed by atoms with van der Waals surface area (Å²) in [5, 5.41) is 18.7. The van der Waals surface area contributed by atoms with Crippen molar-refractivity contribution in [3.05, 3.63) is 77.4 Å². The van der Waals surface area contributed by atoms with Crippen LogP contribution in [0.2, 0.25) is 0 Å². The first-order valence-corrected chi connectivity index (χ1v) is 11.5. The van der Waals surface area contributed by atoms with E-state index in [9.17, 15) is 18.5 Å². The lowest BCUT2D eigenvalue weighted by Crippen LogP contribution is -2.03.